The largest absolute Gasteiger partial charge is 0.393 e. The molecule has 3 aromatic rings. The van der Waals surface area contributed by atoms with Crippen LogP contribution in [0.4, 0.5) is 5.82 Å². The number of aliphatic hydroxyl groups excluding tert-OH is 4. The lowest BCUT2D eigenvalue weighted by Crippen LogP contribution is -2.43. The van der Waals surface area contributed by atoms with Gasteiger partial charge in [0.1, 0.15) is 24.1 Å². The van der Waals surface area contributed by atoms with Crippen LogP contribution in [0.15, 0.2) is 24.4 Å². The van der Waals surface area contributed by atoms with Crippen LogP contribution in [0, 0.1) is 0 Å². The molecule has 4 heterocycles. The molecule has 0 aromatic carbocycles. The SMILES string of the molecule is O=P(O)(O)[C@@](CO)(Cc1cccc(CO)n1)OC[C@H]1O[C@@H](n2ncc3c(NC4CCCC4)nc(Cl)nc32)[C@H](O)[C@@H]1O. The van der Waals surface area contributed by atoms with Gasteiger partial charge in [0, 0.05) is 18.2 Å². The van der Waals surface area contributed by atoms with Crippen molar-refractivity contribution in [3.8, 4) is 0 Å². The van der Waals surface area contributed by atoms with Gasteiger partial charge in [-0.05, 0) is 36.6 Å². The van der Waals surface area contributed by atoms with Gasteiger partial charge in [0.05, 0.1) is 37.1 Å². The number of nitrogens with one attached hydrogen (secondary N) is 1. The average Bonchev–Trinajstić information content (AvgIpc) is 3.67. The third kappa shape index (κ3) is 6.11. The van der Waals surface area contributed by atoms with Crippen molar-refractivity contribution >= 4 is 36.0 Å². The van der Waals surface area contributed by atoms with Crippen molar-refractivity contribution in [2.75, 3.05) is 18.5 Å². The molecule has 17 heteroatoms. The maximum absolute atomic E-state index is 12.5. The van der Waals surface area contributed by atoms with Crippen LogP contribution in [0.25, 0.3) is 11.0 Å². The number of aromatic nitrogens is 5. The minimum Gasteiger partial charge on any atom is -0.393 e. The first-order valence-electron chi connectivity index (χ1n) is 13.1. The topological polar surface area (TPSA) is 225 Å². The second-order valence-electron chi connectivity index (χ2n) is 10.3. The van der Waals surface area contributed by atoms with E-state index in [0.29, 0.717) is 11.2 Å². The van der Waals surface area contributed by atoms with E-state index in [1.165, 1.54) is 23.0 Å². The highest BCUT2D eigenvalue weighted by atomic mass is 35.5. The zero-order valence-corrected chi connectivity index (χ0v) is 23.5. The van der Waals surface area contributed by atoms with Gasteiger partial charge < -0.3 is 45.0 Å². The van der Waals surface area contributed by atoms with Crippen molar-refractivity contribution in [1.82, 2.24) is 24.7 Å². The number of fused-ring (bicyclic) bond motifs is 1. The highest BCUT2D eigenvalue weighted by Gasteiger charge is 2.51. The molecular weight excluding hydrogens is 583 g/mol. The van der Waals surface area contributed by atoms with Gasteiger partial charge in [-0.15, -0.1) is 0 Å². The van der Waals surface area contributed by atoms with Gasteiger partial charge in [0.2, 0.25) is 5.28 Å². The van der Waals surface area contributed by atoms with Crippen LogP contribution in [0.1, 0.15) is 43.3 Å². The number of aliphatic hydroxyl groups is 4. The summed E-state index contributed by atoms with van der Waals surface area (Å²) in [5.74, 6) is 0.485. The Balaban J connectivity index is 1.36. The minimum atomic E-state index is -5.14. The number of anilines is 1. The lowest BCUT2D eigenvalue weighted by atomic mass is 10.1. The van der Waals surface area contributed by atoms with Crippen LogP contribution in [0.5, 0.6) is 0 Å². The molecule has 0 unspecified atom stereocenters. The van der Waals surface area contributed by atoms with Gasteiger partial charge in [-0.2, -0.15) is 15.1 Å². The van der Waals surface area contributed by atoms with Crippen LogP contribution in [0.2, 0.25) is 5.28 Å². The number of ether oxygens (including phenoxy) is 2. The number of pyridine rings is 1. The maximum atomic E-state index is 12.5. The lowest BCUT2D eigenvalue weighted by molar-refractivity contribution is -0.109. The molecule has 0 radical (unpaired) electrons. The molecule has 15 nitrogen and oxygen atoms in total. The fraction of sp³-hybridized carbons (Fsp3) is 0.583. The third-order valence-electron chi connectivity index (χ3n) is 7.48. The second kappa shape index (κ2) is 12.1. The Kier molecular flexibility index (Phi) is 8.93. The Labute approximate surface area is 239 Å². The molecule has 41 heavy (non-hydrogen) atoms. The molecule has 1 saturated heterocycles. The lowest BCUT2D eigenvalue weighted by Gasteiger charge is -2.33. The van der Waals surface area contributed by atoms with E-state index in [9.17, 15) is 34.8 Å². The summed E-state index contributed by atoms with van der Waals surface area (Å²) in [6.07, 6.45) is -0.407. The summed E-state index contributed by atoms with van der Waals surface area (Å²) in [5, 5.41) is 46.7. The number of halogens is 1. The summed E-state index contributed by atoms with van der Waals surface area (Å²) in [5.41, 5.74) is 0.664. The Bertz CT molecular complexity index is 1420. The molecule has 1 saturated carbocycles. The third-order valence-corrected chi connectivity index (χ3v) is 9.14. The number of nitrogens with zero attached hydrogens (tertiary/aromatic N) is 5. The number of rotatable bonds is 11. The molecule has 2 fully saturated rings. The van der Waals surface area contributed by atoms with E-state index in [1.54, 1.807) is 6.07 Å². The van der Waals surface area contributed by atoms with Crippen LogP contribution in [-0.4, -0.2) is 97.9 Å². The Morgan fingerprint density at radius 2 is 1.85 bits per heavy atom. The molecule has 3 aromatic heterocycles. The van der Waals surface area contributed by atoms with Crippen molar-refractivity contribution in [1.29, 1.82) is 0 Å². The summed E-state index contributed by atoms with van der Waals surface area (Å²) < 4.78 is 25.2. The smallest absolute Gasteiger partial charge is 0.359 e. The normalized spacial score (nSPS) is 25.1. The molecule has 0 bridgehead atoms. The summed E-state index contributed by atoms with van der Waals surface area (Å²) in [4.78, 5) is 32.9. The second-order valence-corrected chi connectivity index (χ2v) is 12.5. The quantitative estimate of drug-likeness (QED) is 0.115. The Morgan fingerprint density at radius 1 is 1.12 bits per heavy atom. The standard InChI is InChI=1S/C24H32ClN6O9P/c25-23-29-20(28-13-4-1-2-5-13)16-9-26-31(21(16)30-23)22-19(35)18(34)17(40-22)11-39-24(12-33,41(36,37)38)8-14-6-3-7-15(10-32)27-14/h3,6-7,9,13,17-19,22,32-35H,1-2,4-5,8,10-12H2,(H,28,29,30)(H2,36,37,38)/t17-,18-,19-,22-,24-/m1/s1. The van der Waals surface area contributed by atoms with Gasteiger partial charge in [-0.3, -0.25) is 9.55 Å². The molecular formula is C24H32ClN6O9P. The van der Waals surface area contributed by atoms with E-state index < -0.39 is 63.7 Å². The van der Waals surface area contributed by atoms with Crippen molar-refractivity contribution in [2.45, 2.75) is 74.6 Å². The molecule has 224 valence electrons. The zero-order chi connectivity index (χ0) is 29.4. The zero-order valence-electron chi connectivity index (χ0n) is 21.8. The van der Waals surface area contributed by atoms with Crippen molar-refractivity contribution in [3.05, 3.63) is 41.1 Å². The highest BCUT2D eigenvalue weighted by molar-refractivity contribution is 7.53. The molecule has 5 rings (SSSR count). The van der Waals surface area contributed by atoms with Crippen molar-refractivity contribution in [2.24, 2.45) is 0 Å². The predicted octanol–water partition coefficient (Wildman–Crippen LogP) is 0.466. The van der Waals surface area contributed by atoms with E-state index >= 15 is 0 Å². The summed E-state index contributed by atoms with van der Waals surface area (Å²) >= 11 is 6.19. The maximum Gasteiger partial charge on any atom is 0.359 e. The molecule has 0 amide bonds. The average molecular weight is 615 g/mol. The first-order chi connectivity index (χ1) is 19.5. The summed E-state index contributed by atoms with van der Waals surface area (Å²) in [6.45, 7) is -2.09. The van der Waals surface area contributed by atoms with Crippen LogP contribution in [-0.2, 0) is 27.1 Å². The van der Waals surface area contributed by atoms with Crippen molar-refractivity contribution in [3.63, 3.8) is 0 Å². The predicted molar refractivity (Wildman–Crippen MR) is 144 cm³/mol. The molecule has 1 aliphatic carbocycles. The van der Waals surface area contributed by atoms with Crippen LogP contribution < -0.4 is 5.32 Å². The molecule has 5 atom stereocenters. The van der Waals surface area contributed by atoms with Gasteiger partial charge in [-0.25, -0.2) is 4.68 Å². The minimum absolute atomic E-state index is 0.0547. The molecule has 0 spiro atoms. The van der Waals surface area contributed by atoms with Gasteiger partial charge in [0.25, 0.3) is 0 Å². The first kappa shape index (κ1) is 30.2. The van der Waals surface area contributed by atoms with E-state index in [0.717, 1.165) is 25.7 Å². The summed E-state index contributed by atoms with van der Waals surface area (Å²) in [7, 11) is -5.14. The molecule has 1 aliphatic heterocycles. The fourth-order valence-corrected chi connectivity index (χ4v) is 6.16. The monoisotopic (exact) mass is 614 g/mol. The molecule has 2 aliphatic rings. The van der Waals surface area contributed by atoms with E-state index in [-0.39, 0.29) is 28.4 Å². The number of hydrogen-bond acceptors (Lipinski definition) is 12. The van der Waals surface area contributed by atoms with E-state index in [1.807, 2.05) is 0 Å². The van der Waals surface area contributed by atoms with Crippen LogP contribution >= 0.6 is 19.2 Å². The van der Waals surface area contributed by atoms with E-state index in [2.05, 4.69) is 25.4 Å². The Hall–Kier alpha value is -2.30. The highest BCUT2D eigenvalue weighted by Crippen LogP contribution is 2.53. The molecule has 7 N–H and O–H groups in total. The van der Waals surface area contributed by atoms with Gasteiger partial charge in [-0.1, -0.05) is 18.9 Å². The summed E-state index contributed by atoms with van der Waals surface area (Å²) in [6, 6.07) is 4.76. The van der Waals surface area contributed by atoms with Crippen molar-refractivity contribution < 1.29 is 44.3 Å². The Morgan fingerprint density at radius 3 is 2.54 bits per heavy atom. The van der Waals surface area contributed by atoms with E-state index in [4.69, 9.17) is 21.1 Å². The van der Waals surface area contributed by atoms with Gasteiger partial charge in [0.15, 0.2) is 17.2 Å². The fourth-order valence-electron chi connectivity index (χ4n) is 5.20. The van der Waals surface area contributed by atoms with Crippen LogP contribution in [0.3, 0.4) is 0 Å². The number of hydrogen-bond donors (Lipinski definition) is 7. The van der Waals surface area contributed by atoms with Gasteiger partial charge >= 0.3 is 7.60 Å². The first-order valence-corrected chi connectivity index (χ1v) is 15.1.